The van der Waals surface area contributed by atoms with Gasteiger partial charge in [-0.1, -0.05) is 29.8 Å². The van der Waals surface area contributed by atoms with Crippen molar-refractivity contribution in [3.05, 3.63) is 35.4 Å². The summed E-state index contributed by atoms with van der Waals surface area (Å²) in [5.41, 5.74) is 2.53. The fraction of sp³-hybridized carbons (Fsp3) is 0.588. The third kappa shape index (κ3) is 2.59. The third-order valence-electron chi connectivity index (χ3n) is 5.00. The first-order chi connectivity index (χ1) is 9.65. The summed E-state index contributed by atoms with van der Waals surface area (Å²) < 4.78 is 0. The van der Waals surface area contributed by atoms with Gasteiger partial charge in [-0.3, -0.25) is 4.79 Å². The molecule has 2 fully saturated rings. The second kappa shape index (κ2) is 5.57. The van der Waals surface area contributed by atoms with Gasteiger partial charge in [-0.15, -0.1) is 0 Å². The lowest BCUT2D eigenvalue weighted by Gasteiger charge is -2.24. The number of aryl methyl sites for hydroxylation is 2. The van der Waals surface area contributed by atoms with Crippen LogP contribution in [-0.2, 0) is 11.2 Å². The Morgan fingerprint density at radius 3 is 2.75 bits per heavy atom. The molecule has 3 atom stereocenters. The third-order valence-corrected chi connectivity index (χ3v) is 5.00. The van der Waals surface area contributed by atoms with Crippen LogP contribution in [0.1, 0.15) is 24.5 Å². The number of amides is 1. The average molecular weight is 272 g/mol. The number of hydrogen-bond donors (Lipinski definition) is 1. The van der Waals surface area contributed by atoms with Crippen molar-refractivity contribution >= 4 is 5.91 Å². The minimum Gasteiger partial charge on any atom is -0.339 e. The van der Waals surface area contributed by atoms with Crippen LogP contribution >= 0.6 is 0 Å². The lowest BCUT2D eigenvalue weighted by molar-refractivity contribution is -0.132. The van der Waals surface area contributed by atoms with Gasteiger partial charge in [0.2, 0.25) is 5.91 Å². The number of benzene rings is 1. The van der Waals surface area contributed by atoms with Crippen molar-refractivity contribution in [1.82, 2.24) is 10.2 Å². The van der Waals surface area contributed by atoms with Crippen molar-refractivity contribution in [2.45, 2.75) is 32.7 Å². The topological polar surface area (TPSA) is 32.3 Å². The SMILES string of the molecule is Cc1ccc(CCC(=O)N2CC3CNCC3C2C)cc1. The van der Waals surface area contributed by atoms with Crippen molar-refractivity contribution in [3.8, 4) is 0 Å². The van der Waals surface area contributed by atoms with Crippen LogP contribution in [0.15, 0.2) is 24.3 Å². The molecule has 0 radical (unpaired) electrons. The molecule has 1 aromatic rings. The average Bonchev–Trinajstić information content (AvgIpc) is 3.01. The van der Waals surface area contributed by atoms with Crippen LogP contribution in [-0.4, -0.2) is 36.5 Å². The van der Waals surface area contributed by atoms with Crippen LogP contribution < -0.4 is 5.32 Å². The van der Waals surface area contributed by atoms with E-state index in [-0.39, 0.29) is 0 Å². The molecule has 1 N–H and O–H groups in total. The first kappa shape index (κ1) is 13.6. The molecule has 2 saturated heterocycles. The van der Waals surface area contributed by atoms with E-state index in [1.165, 1.54) is 11.1 Å². The standard InChI is InChI=1S/C17H24N2O/c1-12-3-5-14(6-4-12)7-8-17(20)19-11-15-9-18-10-16(15)13(19)2/h3-6,13,15-16,18H,7-11H2,1-2H3. The van der Waals surface area contributed by atoms with Gasteiger partial charge in [0.15, 0.2) is 0 Å². The molecule has 0 bridgehead atoms. The van der Waals surface area contributed by atoms with E-state index >= 15 is 0 Å². The summed E-state index contributed by atoms with van der Waals surface area (Å²) in [5, 5.41) is 3.44. The fourth-order valence-corrected chi connectivity index (χ4v) is 3.65. The molecule has 1 amide bonds. The van der Waals surface area contributed by atoms with Crippen LogP contribution in [0.5, 0.6) is 0 Å². The van der Waals surface area contributed by atoms with Crippen molar-refractivity contribution < 1.29 is 4.79 Å². The molecule has 1 aromatic carbocycles. The van der Waals surface area contributed by atoms with Gasteiger partial charge in [0.1, 0.15) is 0 Å². The van der Waals surface area contributed by atoms with E-state index in [1.54, 1.807) is 0 Å². The molecule has 0 aliphatic carbocycles. The monoisotopic (exact) mass is 272 g/mol. The number of carbonyl (C=O) groups excluding carboxylic acids is 1. The second-order valence-electron chi connectivity index (χ2n) is 6.35. The number of nitrogens with zero attached hydrogens (tertiary/aromatic N) is 1. The van der Waals surface area contributed by atoms with Crippen molar-refractivity contribution in [3.63, 3.8) is 0 Å². The molecule has 0 aromatic heterocycles. The number of carbonyl (C=O) groups is 1. The highest BCUT2D eigenvalue weighted by Gasteiger charge is 2.43. The molecule has 3 heteroatoms. The predicted octanol–water partition coefficient (Wildman–Crippen LogP) is 1.99. The van der Waals surface area contributed by atoms with Gasteiger partial charge in [0.25, 0.3) is 0 Å². The zero-order valence-electron chi connectivity index (χ0n) is 12.4. The number of hydrogen-bond acceptors (Lipinski definition) is 2. The molecule has 0 saturated carbocycles. The van der Waals surface area contributed by atoms with Gasteiger partial charge < -0.3 is 10.2 Å². The normalized spacial score (nSPS) is 28.7. The summed E-state index contributed by atoms with van der Waals surface area (Å²) in [6.07, 6.45) is 1.50. The van der Waals surface area contributed by atoms with Crippen molar-refractivity contribution in [2.75, 3.05) is 19.6 Å². The van der Waals surface area contributed by atoms with Crippen LogP contribution in [0, 0.1) is 18.8 Å². The Bertz CT molecular complexity index is 482. The molecule has 20 heavy (non-hydrogen) atoms. The summed E-state index contributed by atoms with van der Waals surface area (Å²) in [5.74, 6) is 1.67. The Labute approximate surface area is 121 Å². The van der Waals surface area contributed by atoms with Gasteiger partial charge in [0.05, 0.1) is 0 Å². The zero-order chi connectivity index (χ0) is 14.1. The molecule has 2 aliphatic heterocycles. The summed E-state index contributed by atoms with van der Waals surface area (Å²) in [6, 6.07) is 8.91. The summed E-state index contributed by atoms with van der Waals surface area (Å²) in [7, 11) is 0. The maximum atomic E-state index is 12.4. The number of fused-ring (bicyclic) bond motifs is 1. The van der Waals surface area contributed by atoms with Crippen LogP contribution in [0.2, 0.25) is 0 Å². The molecule has 108 valence electrons. The fourth-order valence-electron chi connectivity index (χ4n) is 3.65. The molecule has 2 aliphatic rings. The van der Waals surface area contributed by atoms with E-state index in [9.17, 15) is 4.79 Å². The Morgan fingerprint density at radius 1 is 1.30 bits per heavy atom. The minimum atomic E-state index is 0.326. The minimum absolute atomic E-state index is 0.326. The highest BCUT2D eigenvalue weighted by atomic mass is 16.2. The van der Waals surface area contributed by atoms with E-state index in [1.807, 2.05) is 0 Å². The van der Waals surface area contributed by atoms with E-state index in [4.69, 9.17) is 0 Å². The van der Waals surface area contributed by atoms with Gasteiger partial charge in [-0.05, 0) is 37.7 Å². The van der Waals surface area contributed by atoms with Crippen LogP contribution in [0.25, 0.3) is 0 Å². The summed E-state index contributed by atoms with van der Waals surface area (Å²) in [6.45, 7) is 7.41. The summed E-state index contributed by atoms with van der Waals surface area (Å²) >= 11 is 0. The lowest BCUT2D eigenvalue weighted by Crippen LogP contribution is -2.38. The van der Waals surface area contributed by atoms with E-state index in [0.717, 1.165) is 26.1 Å². The molecule has 2 heterocycles. The highest BCUT2D eigenvalue weighted by Crippen LogP contribution is 2.32. The lowest BCUT2D eigenvalue weighted by atomic mass is 9.95. The Hall–Kier alpha value is -1.35. The van der Waals surface area contributed by atoms with Crippen LogP contribution in [0.3, 0.4) is 0 Å². The predicted molar refractivity (Wildman–Crippen MR) is 80.5 cm³/mol. The van der Waals surface area contributed by atoms with Gasteiger partial charge >= 0.3 is 0 Å². The smallest absolute Gasteiger partial charge is 0.223 e. The van der Waals surface area contributed by atoms with Crippen molar-refractivity contribution in [2.24, 2.45) is 11.8 Å². The number of rotatable bonds is 3. The summed E-state index contributed by atoms with van der Waals surface area (Å²) in [4.78, 5) is 14.5. The molecule has 3 unspecified atom stereocenters. The highest BCUT2D eigenvalue weighted by molar-refractivity contribution is 5.77. The number of likely N-dealkylation sites (tertiary alicyclic amines) is 1. The zero-order valence-corrected chi connectivity index (χ0v) is 12.4. The first-order valence-corrected chi connectivity index (χ1v) is 7.71. The van der Waals surface area contributed by atoms with Crippen molar-refractivity contribution in [1.29, 1.82) is 0 Å². The van der Waals surface area contributed by atoms with E-state index < -0.39 is 0 Å². The first-order valence-electron chi connectivity index (χ1n) is 7.71. The quantitative estimate of drug-likeness (QED) is 0.912. The number of nitrogens with one attached hydrogen (secondary N) is 1. The molecule has 3 rings (SSSR count). The van der Waals surface area contributed by atoms with E-state index in [2.05, 4.69) is 48.3 Å². The second-order valence-corrected chi connectivity index (χ2v) is 6.35. The van der Waals surface area contributed by atoms with Crippen LogP contribution in [0.4, 0.5) is 0 Å². The largest absolute Gasteiger partial charge is 0.339 e. The van der Waals surface area contributed by atoms with Gasteiger partial charge in [-0.25, -0.2) is 0 Å². The molecular formula is C17H24N2O. The molecule has 0 spiro atoms. The van der Waals surface area contributed by atoms with Gasteiger partial charge in [0, 0.05) is 32.1 Å². The Balaban J connectivity index is 1.56. The van der Waals surface area contributed by atoms with Gasteiger partial charge in [-0.2, -0.15) is 0 Å². The maximum absolute atomic E-state index is 12.4. The molecular weight excluding hydrogens is 248 g/mol. The Morgan fingerprint density at radius 2 is 2.05 bits per heavy atom. The molecule has 3 nitrogen and oxygen atoms in total. The Kier molecular flexibility index (Phi) is 3.79. The maximum Gasteiger partial charge on any atom is 0.223 e. The van der Waals surface area contributed by atoms with E-state index in [0.29, 0.717) is 30.2 Å².